The molecule has 0 aliphatic carbocycles. The van der Waals surface area contributed by atoms with Crippen LogP contribution in [-0.4, -0.2) is 46.0 Å². The van der Waals surface area contributed by atoms with Gasteiger partial charge in [-0.15, -0.1) is 0 Å². The number of hydrogen-bond acceptors (Lipinski definition) is 6. The Kier molecular flexibility index (Phi) is 5.00. The molecule has 20 heavy (non-hydrogen) atoms. The zero-order valence-corrected chi connectivity index (χ0v) is 13.7. The Hall–Kier alpha value is -0.910. The summed E-state index contributed by atoms with van der Waals surface area (Å²) in [5.74, 6) is -2.35. The number of carbonyl (C=O) groups is 1. The highest BCUT2D eigenvalue weighted by Crippen LogP contribution is 2.26. The average molecular weight is 390 g/mol. The molecular weight excluding hydrogens is 378 g/mol. The van der Waals surface area contributed by atoms with Crippen molar-refractivity contribution in [3.05, 3.63) is 16.5 Å². The molecule has 1 atom stereocenters. The lowest BCUT2D eigenvalue weighted by Crippen LogP contribution is -2.37. The molecular formula is C9H12BrNO7S2. The van der Waals surface area contributed by atoms with E-state index < -0.39 is 42.5 Å². The largest absolute Gasteiger partial charge is 0.475 e. The number of sulfonamides is 1. The SMILES string of the molecule is CC(CS(C)(=O)=O)NS(=O)(=O)c1cc(C(=O)O)oc1Br. The monoisotopic (exact) mass is 389 g/mol. The summed E-state index contributed by atoms with van der Waals surface area (Å²) in [4.78, 5) is 10.3. The van der Waals surface area contributed by atoms with Crippen LogP contribution >= 0.6 is 15.9 Å². The second kappa shape index (κ2) is 5.84. The minimum atomic E-state index is -4.09. The Bertz CT molecular complexity index is 719. The van der Waals surface area contributed by atoms with E-state index in [1.807, 2.05) is 0 Å². The van der Waals surface area contributed by atoms with Crippen molar-refractivity contribution in [2.45, 2.75) is 17.9 Å². The molecule has 0 aromatic carbocycles. The Morgan fingerprint density at radius 3 is 2.40 bits per heavy atom. The summed E-state index contributed by atoms with van der Waals surface area (Å²) >= 11 is 2.81. The van der Waals surface area contributed by atoms with Crippen LogP contribution in [0.4, 0.5) is 0 Å². The molecule has 0 aliphatic rings. The van der Waals surface area contributed by atoms with Gasteiger partial charge in [0.15, 0.2) is 4.67 Å². The summed E-state index contributed by atoms with van der Waals surface area (Å²) < 4.78 is 52.7. The smallest absolute Gasteiger partial charge is 0.371 e. The van der Waals surface area contributed by atoms with Crippen molar-refractivity contribution in [2.24, 2.45) is 0 Å². The van der Waals surface area contributed by atoms with Crippen molar-refractivity contribution < 1.29 is 31.2 Å². The first-order valence-electron chi connectivity index (χ1n) is 5.15. The number of hydrogen-bond donors (Lipinski definition) is 2. The van der Waals surface area contributed by atoms with E-state index in [1.165, 1.54) is 6.92 Å². The number of carboxylic acid groups (broad SMARTS) is 1. The quantitative estimate of drug-likeness (QED) is 0.721. The normalized spacial score (nSPS) is 14.2. The van der Waals surface area contributed by atoms with Crippen LogP contribution in [0.3, 0.4) is 0 Å². The fourth-order valence-corrected chi connectivity index (χ4v) is 4.74. The zero-order chi connectivity index (χ0) is 15.7. The summed E-state index contributed by atoms with van der Waals surface area (Å²) in [5, 5.41) is 8.71. The Labute approximate surface area is 124 Å². The van der Waals surface area contributed by atoms with Gasteiger partial charge in [0.05, 0.1) is 5.75 Å². The number of nitrogens with one attached hydrogen (secondary N) is 1. The van der Waals surface area contributed by atoms with E-state index in [9.17, 15) is 21.6 Å². The molecule has 0 bridgehead atoms. The van der Waals surface area contributed by atoms with Crippen LogP contribution in [0.25, 0.3) is 0 Å². The van der Waals surface area contributed by atoms with Gasteiger partial charge in [-0.2, -0.15) is 0 Å². The van der Waals surface area contributed by atoms with Crippen LogP contribution in [0.1, 0.15) is 17.5 Å². The molecule has 2 N–H and O–H groups in total. The topological polar surface area (TPSA) is 131 Å². The summed E-state index contributed by atoms with van der Waals surface area (Å²) in [5.41, 5.74) is 0. The van der Waals surface area contributed by atoms with Gasteiger partial charge in [-0.3, -0.25) is 0 Å². The highest BCUT2D eigenvalue weighted by Gasteiger charge is 2.27. The van der Waals surface area contributed by atoms with Crippen molar-refractivity contribution in [3.63, 3.8) is 0 Å². The second-order valence-corrected chi connectivity index (χ2v) is 8.76. The maximum Gasteiger partial charge on any atom is 0.371 e. The van der Waals surface area contributed by atoms with Gasteiger partial charge in [0, 0.05) is 18.4 Å². The van der Waals surface area contributed by atoms with Gasteiger partial charge in [0.1, 0.15) is 14.7 Å². The highest BCUT2D eigenvalue weighted by molar-refractivity contribution is 9.10. The Morgan fingerprint density at radius 1 is 1.45 bits per heavy atom. The molecule has 1 unspecified atom stereocenters. The first-order valence-corrected chi connectivity index (χ1v) is 9.49. The number of rotatable bonds is 6. The maximum atomic E-state index is 12.0. The Balaban J connectivity index is 3.03. The van der Waals surface area contributed by atoms with Crippen LogP contribution in [-0.2, 0) is 19.9 Å². The second-order valence-electron chi connectivity index (χ2n) is 4.17. The van der Waals surface area contributed by atoms with Crippen molar-refractivity contribution in [3.8, 4) is 0 Å². The third kappa shape index (κ3) is 4.58. The Morgan fingerprint density at radius 2 is 2.00 bits per heavy atom. The van der Waals surface area contributed by atoms with E-state index in [-0.39, 0.29) is 10.4 Å². The fourth-order valence-electron chi connectivity index (χ4n) is 1.46. The third-order valence-corrected chi connectivity index (χ3v) is 5.62. The molecule has 8 nitrogen and oxygen atoms in total. The minimum Gasteiger partial charge on any atom is -0.475 e. The molecule has 1 rings (SSSR count). The van der Waals surface area contributed by atoms with Crippen molar-refractivity contribution in [1.29, 1.82) is 0 Å². The van der Waals surface area contributed by atoms with Gasteiger partial charge >= 0.3 is 5.97 Å². The van der Waals surface area contributed by atoms with Crippen LogP contribution in [0, 0.1) is 0 Å². The summed E-state index contributed by atoms with van der Waals surface area (Å²) in [6, 6.07) is -0.0351. The standard InChI is InChI=1S/C9H12BrNO7S2/c1-5(4-19(2,14)15)11-20(16,17)7-3-6(9(12)13)18-8(7)10/h3,5,11H,4H2,1-2H3,(H,12,13). The predicted octanol–water partition coefficient (Wildman–Crippen LogP) is 0.452. The van der Waals surface area contributed by atoms with Gasteiger partial charge in [-0.05, 0) is 22.9 Å². The molecule has 1 aromatic heterocycles. The van der Waals surface area contributed by atoms with Gasteiger partial charge in [0.2, 0.25) is 15.8 Å². The van der Waals surface area contributed by atoms with Crippen molar-refractivity contribution >= 4 is 41.8 Å². The fraction of sp³-hybridized carbons (Fsp3) is 0.444. The van der Waals surface area contributed by atoms with Crippen LogP contribution < -0.4 is 4.72 Å². The number of carboxylic acids is 1. The summed E-state index contributed by atoms with van der Waals surface area (Å²) in [6.45, 7) is 1.38. The molecule has 0 saturated heterocycles. The molecule has 1 heterocycles. The van der Waals surface area contributed by atoms with Crippen LogP contribution in [0.2, 0.25) is 0 Å². The van der Waals surface area contributed by atoms with Crippen molar-refractivity contribution in [1.82, 2.24) is 4.72 Å². The van der Waals surface area contributed by atoms with E-state index in [2.05, 4.69) is 20.7 Å². The highest BCUT2D eigenvalue weighted by atomic mass is 79.9. The molecule has 0 spiro atoms. The lowest BCUT2D eigenvalue weighted by Gasteiger charge is -2.12. The summed E-state index contributed by atoms with van der Waals surface area (Å²) in [6.07, 6.45) is 0.980. The van der Waals surface area contributed by atoms with Crippen LogP contribution in [0.5, 0.6) is 0 Å². The molecule has 114 valence electrons. The van der Waals surface area contributed by atoms with E-state index in [1.54, 1.807) is 0 Å². The first kappa shape index (κ1) is 17.1. The van der Waals surface area contributed by atoms with E-state index in [4.69, 9.17) is 9.52 Å². The lowest BCUT2D eigenvalue weighted by molar-refractivity contribution is 0.0661. The average Bonchev–Trinajstić information content (AvgIpc) is 2.56. The molecule has 0 fully saturated rings. The molecule has 0 saturated carbocycles. The lowest BCUT2D eigenvalue weighted by atomic mass is 10.4. The predicted molar refractivity (Wildman–Crippen MR) is 72.9 cm³/mol. The first-order chi connectivity index (χ1) is 8.92. The van der Waals surface area contributed by atoms with Crippen LogP contribution in [0.15, 0.2) is 20.0 Å². The van der Waals surface area contributed by atoms with Gasteiger partial charge < -0.3 is 9.52 Å². The van der Waals surface area contributed by atoms with Gasteiger partial charge in [-0.25, -0.2) is 26.4 Å². The number of sulfone groups is 1. The zero-order valence-electron chi connectivity index (χ0n) is 10.5. The number of furan rings is 1. The van der Waals surface area contributed by atoms with Crippen molar-refractivity contribution in [2.75, 3.05) is 12.0 Å². The molecule has 0 amide bonds. The summed E-state index contributed by atoms with van der Waals surface area (Å²) in [7, 11) is -7.45. The molecule has 1 aromatic rings. The van der Waals surface area contributed by atoms with E-state index >= 15 is 0 Å². The maximum absolute atomic E-state index is 12.0. The van der Waals surface area contributed by atoms with Gasteiger partial charge in [-0.1, -0.05) is 0 Å². The minimum absolute atomic E-state index is 0.269. The van der Waals surface area contributed by atoms with Gasteiger partial charge in [0.25, 0.3) is 0 Å². The molecule has 11 heteroatoms. The number of halogens is 1. The number of aromatic carboxylic acids is 1. The molecule has 0 aliphatic heterocycles. The van der Waals surface area contributed by atoms with E-state index in [0.29, 0.717) is 0 Å². The molecule has 0 radical (unpaired) electrons. The van der Waals surface area contributed by atoms with E-state index in [0.717, 1.165) is 12.3 Å². The third-order valence-electron chi connectivity index (χ3n) is 2.06.